The summed E-state index contributed by atoms with van der Waals surface area (Å²) < 4.78 is 4.95. The zero-order valence-electron chi connectivity index (χ0n) is 11.7. The molecule has 1 atom stereocenters. The van der Waals surface area contributed by atoms with Gasteiger partial charge in [-0.15, -0.1) is 0 Å². The molecule has 0 saturated carbocycles. The molecular formula is C19H17NS. The Hall–Kier alpha value is -2.19. The van der Waals surface area contributed by atoms with Crippen molar-refractivity contribution in [3.05, 3.63) is 96.6 Å². The van der Waals surface area contributed by atoms with E-state index in [1.165, 1.54) is 10.5 Å². The highest BCUT2D eigenvalue weighted by Crippen LogP contribution is 2.20. The number of rotatable bonds is 4. The summed E-state index contributed by atoms with van der Waals surface area (Å²) in [6.45, 7) is 0. The largest absolute Gasteiger partial charge is 0.223 e. The minimum absolute atomic E-state index is 0.165. The van der Waals surface area contributed by atoms with Gasteiger partial charge in [-0.1, -0.05) is 77.4 Å². The molecular weight excluding hydrogens is 274 g/mol. The molecule has 21 heavy (non-hydrogen) atoms. The lowest BCUT2D eigenvalue weighted by atomic mass is 10.2. The van der Waals surface area contributed by atoms with Gasteiger partial charge in [0.25, 0.3) is 0 Å². The second-order valence-electron chi connectivity index (χ2n) is 4.73. The number of hydrogen-bond donors (Lipinski definition) is 0. The molecule has 3 aromatic rings. The Morgan fingerprint density at radius 1 is 0.619 bits per heavy atom. The fourth-order valence-corrected chi connectivity index (χ4v) is 3.79. The van der Waals surface area contributed by atoms with Crippen molar-refractivity contribution in [3.63, 3.8) is 0 Å². The molecule has 0 aliphatic carbocycles. The van der Waals surface area contributed by atoms with E-state index in [1.807, 2.05) is 18.2 Å². The summed E-state index contributed by atoms with van der Waals surface area (Å²) in [5.41, 5.74) is 2.37. The van der Waals surface area contributed by atoms with E-state index in [0.29, 0.717) is 0 Å². The maximum absolute atomic E-state index is 4.95. The van der Waals surface area contributed by atoms with Crippen LogP contribution in [0.15, 0.2) is 100 Å². The first kappa shape index (κ1) is 13.8. The van der Waals surface area contributed by atoms with Crippen LogP contribution < -0.4 is 0 Å². The minimum Gasteiger partial charge on any atom is -0.223 e. The summed E-state index contributed by atoms with van der Waals surface area (Å²) in [4.78, 5) is 1.28. The molecule has 0 aliphatic rings. The molecule has 0 bridgehead atoms. The highest BCUT2D eigenvalue weighted by atomic mass is 32.2. The second kappa shape index (κ2) is 7.00. The summed E-state index contributed by atoms with van der Waals surface area (Å²) in [6, 6.07) is 31.3. The van der Waals surface area contributed by atoms with Gasteiger partial charge in [0.15, 0.2) is 0 Å². The lowest BCUT2D eigenvalue weighted by molar-refractivity contribution is 1.35. The smallest absolute Gasteiger partial charge is 0.0707 e. The average Bonchev–Trinajstić information content (AvgIpc) is 2.57. The maximum atomic E-state index is 4.95. The van der Waals surface area contributed by atoms with Crippen LogP contribution in [0.2, 0.25) is 0 Å². The van der Waals surface area contributed by atoms with Crippen molar-refractivity contribution in [2.75, 3.05) is 0 Å². The first-order chi connectivity index (χ1) is 10.4. The monoisotopic (exact) mass is 291 g/mol. The summed E-state index contributed by atoms with van der Waals surface area (Å²) in [6.07, 6.45) is 0. The zero-order chi connectivity index (χ0) is 14.3. The van der Waals surface area contributed by atoms with Gasteiger partial charge in [0, 0.05) is 10.6 Å². The van der Waals surface area contributed by atoms with Crippen LogP contribution in [0.3, 0.4) is 0 Å². The molecule has 104 valence electrons. The van der Waals surface area contributed by atoms with Crippen LogP contribution in [0.1, 0.15) is 5.56 Å². The number of hydrogen-bond acceptors (Lipinski definition) is 1. The summed E-state index contributed by atoms with van der Waals surface area (Å²) in [7, 11) is -0.165. The molecule has 3 aromatic carbocycles. The predicted molar refractivity (Wildman–Crippen MR) is 90.7 cm³/mol. The van der Waals surface area contributed by atoms with E-state index in [4.69, 9.17) is 4.36 Å². The van der Waals surface area contributed by atoms with E-state index >= 15 is 0 Å². The molecule has 0 aromatic heterocycles. The lowest BCUT2D eigenvalue weighted by Gasteiger charge is -2.09. The van der Waals surface area contributed by atoms with Gasteiger partial charge in [-0.3, -0.25) is 0 Å². The molecule has 0 spiro atoms. The van der Waals surface area contributed by atoms with Gasteiger partial charge in [0.05, 0.1) is 5.69 Å². The van der Waals surface area contributed by atoms with Gasteiger partial charge in [-0.05, 0) is 29.8 Å². The molecule has 3 rings (SSSR count). The standard InChI is InChI=1S/C19H17NS/c1-4-10-17(11-5-1)16-21(19-14-8-3-9-15-19)20-18-12-6-2-7-13-18/h1-15H,16H2. The Morgan fingerprint density at radius 3 is 1.76 bits per heavy atom. The van der Waals surface area contributed by atoms with Crippen LogP contribution in [-0.2, 0) is 16.4 Å². The fraction of sp³-hybridized carbons (Fsp3) is 0.0526. The maximum Gasteiger partial charge on any atom is 0.0707 e. The van der Waals surface area contributed by atoms with E-state index in [0.717, 1.165) is 11.4 Å². The molecule has 0 radical (unpaired) electrons. The van der Waals surface area contributed by atoms with Crippen LogP contribution >= 0.6 is 0 Å². The van der Waals surface area contributed by atoms with Gasteiger partial charge < -0.3 is 0 Å². The third kappa shape index (κ3) is 3.89. The summed E-state index contributed by atoms with van der Waals surface area (Å²) in [5, 5.41) is 0. The Kier molecular flexibility index (Phi) is 4.59. The van der Waals surface area contributed by atoms with Crippen molar-refractivity contribution < 1.29 is 0 Å². The van der Waals surface area contributed by atoms with Crippen molar-refractivity contribution in [1.29, 1.82) is 0 Å². The summed E-state index contributed by atoms with van der Waals surface area (Å²) in [5.74, 6) is 0.944. The fourth-order valence-electron chi connectivity index (χ4n) is 2.09. The van der Waals surface area contributed by atoms with Crippen molar-refractivity contribution in [3.8, 4) is 0 Å². The lowest BCUT2D eigenvalue weighted by Crippen LogP contribution is -1.96. The van der Waals surface area contributed by atoms with Crippen LogP contribution in [0.5, 0.6) is 0 Å². The van der Waals surface area contributed by atoms with Crippen LogP contribution in [0.4, 0.5) is 5.69 Å². The van der Waals surface area contributed by atoms with Gasteiger partial charge >= 0.3 is 0 Å². The molecule has 0 fully saturated rings. The number of benzene rings is 3. The predicted octanol–water partition coefficient (Wildman–Crippen LogP) is 5.38. The third-order valence-electron chi connectivity index (χ3n) is 3.13. The Bertz CT molecular complexity index is 706. The van der Waals surface area contributed by atoms with E-state index in [9.17, 15) is 0 Å². The Labute approximate surface area is 128 Å². The normalized spacial score (nSPS) is 12.2. The SMILES string of the molecule is c1ccc(CS(=Nc2ccccc2)c2ccccc2)cc1. The topological polar surface area (TPSA) is 12.4 Å². The van der Waals surface area contributed by atoms with E-state index < -0.39 is 0 Å². The highest BCUT2D eigenvalue weighted by Gasteiger charge is 2.03. The first-order valence-corrected chi connectivity index (χ1v) is 8.34. The molecule has 2 heteroatoms. The molecule has 0 aliphatic heterocycles. The van der Waals surface area contributed by atoms with Crippen molar-refractivity contribution in [2.45, 2.75) is 10.6 Å². The van der Waals surface area contributed by atoms with E-state index in [-0.39, 0.29) is 10.7 Å². The highest BCUT2D eigenvalue weighted by molar-refractivity contribution is 7.86. The van der Waals surface area contributed by atoms with Crippen molar-refractivity contribution in [1.82, 2.24) is 0 Å². The van der Waals surface area contributed by atoms with Crippen LogP contribution in [0, 0.1) is 0 Å². The van der Waals surface area contributed by atoms with Crippen molar-refractivity contribution >= 4 is 16.4 Å². The minimum atomic E-state index is -0.165. The van der Waals surface area contributed by atoms with E-state index in [1.54, 1.807) is 0 Å². The zero-order valence-corrected chi connectivity index (χ0v) is 12.5. The van der Waals surface area contributed by atoms with E-state index in [2.05, 4.69) is 72.8 Å². The first-order valence-electron chi connectivity index (χ1n) is 6.98. The average molecular weight is 291 g/mol. The van der Waals surface area contributed by atoms with Gasteiger partial charge in [-0.25, -0.2) is 4.36 Å². The molecule has 0 N–H and O–H groups in total. The van der Waals surface area contributed by atoms with Crippen LogP contribution in [-0.4, -0.2) is 0 Å². The van der Waals surface area contributed by atoms with Gasteiger partial charge in [0.2, 0.25) is 0 Å². The Morgan fingerprint density at radius 2 is 1.14 bits per heavy atom. The second-order valence-corrected chi connectivity index (χ2v) is 6.41. The third-order valence-corrected chi connectivity index (χ3v) is 4.99. The molecule has 1 unspecified atom stereocenters. The van der Waals surface area contributed by atoms with Crippen molar-refractivity contribution in [2.24, 2.45) is 4.36 Å². The molecule has 0 saturated heterocycles. The molecule has 0 amide bonds. The molecule has 1 nitrogen and oxygen atoms in total. The quantitative estimate of drug-likeness (QED) is 0.612. The summed E-state index contributed by atoms with van der Waals surface area (Å²) >= 11 is 0. The Balaban J connectivity index is 1.97. The van der Waals surface area contributed by atoms with Gasteiger partial charge in [0.1, 0.15) is 0 Å². The number of nitrogens with zero attached hydrogens (tertiary/aromatic N) is 1. The van der Waals surface area contributed by atoms with Gasteiger partial charge in [-0.2, -0.15) is 0 Å². The van der Waals surface area contributed by atoms with Crippen LogP contribution in [0.25, 0.3) is 0 Å². The molecule has 0 heterocycles.